The maximum absolute atomic E-state index is 5.04. The first-order valence-corrected chi connectivity index (χ1v) is 3.20. The molecule has 1 aromatic heterocycles. The number of furan rings is 1. The molecule has 0 bridgehead atoms. The van der Waals surface area contributed by atoms with Crippen LogP contribution in [0.1, 0.15) is 11.0 Å². The highest BCUT2D eigenvalue weighted by Crippen LogP contribution is 2.19. The van der Waals surface area contributed by atoms with E-state index in [1.165, 1.54) is 0 Å². The summed E-state index contributed by atoms with van der Waals surface area (Å²) in [5.74, 6) is 0.841. The molecule has 1 atom stereocenters. The fraction of sp³-hybridized carbons (Fsp3) is 0.143. The lowest BCUT2D eigenvalue weighted by atomic mass is 10.3. The van der Waals surface area contributed by atoms with Crippen molar-refractivity contribution in [1.29, 1.82) is 0 Å². The van der Waals surface area contributed by atoms with E-state index in [9.17, 15) is 0 Å². The lowest BCUT2D eigenvalue weighted by Crippen LogP contribution is -1.78. The molecule has 2 heteroatoms. The first-order valence-electron chi connectivity index (χ1n) is 2.68. The van der Waals surface area contributed by atoms with Crippen LogP contribution in [-0.4, -0.2) is 0 Å². The molecule has 48 valence electrons. The van der Waals surface area contributed by atoms with Gasteiger partial charge in [-0.05, 0) is 12.1 Å². The lowest BCUT2D eigenvalue weighted by Gasteiger charge is -1.96. The van der Waals surface area contributed by atoms with Gasteiger partial charge in [-0.3, -0.25) is 0 Å². The summed E-state index contributed by atoms with van der Waals surface area (Å²) in [7, 11) is 0. The second kappa shape index (κ2) is 2.78. The standard InChI is InChI=1S/C7H8OS/c1-2-7(9)6-4-3-5-8-6/h2-5,7,9H,1H2. The summed E-state index contributed by atoms with van der Waals surface area (Å²) in [6.07, 6.45) is 3.35. The lowest BCUT2D eigenvalue weighted by molar-refractivity contribution is 0.521. The predicted molar refractivity (Wildman–Crippen MR) is 40.6 cm³/mol. The summed E-state index contributed by atoms with van der Waals surface area (Å²) >= 11 is 4.17. The Labute approximate surface area is 59.8 Å². The minimum atomic E-state index is 0.0278. The maximum atomic E-state index is 5.04. The van der Waals surface area contributed by atoms with Gasteiger partial charge in [-0.25, -0.2) is 0 Å². The topological polar surface area (TPSA) is 13.1 Å². The minimum Gasteiger partial charge on any atom is -0.468 e. The van der Waals surface area contributed by atoms with E-state index in [0.29, 0.717) is 0 Å². The highest BCUT2D eigenvalue weighted by atomic mass is 32.1. The van der Waals surface area contributed by atoms with Crippen molar-refractivity contribution < 1.29 is 4.42 Å². The predicted octanol–water partition coefficient (Wildman–Crippen LogP) is 2.44. The summed E-state index contributed by atoms with van der Waals surface area (Å²) in [6.45, 7) is 3.58. The van der Waals surface area contributed by atoms with Gasteiger partial charge in [0.25, 0.3) is 0 Å². The van der Waals surface area contributed by atoms with Crippen LogP contribution in [0.5, 0.6) is 0 Å². The Hall–Kier alpha value is -0.630. The average Bonchev–Trinajstić information content (AvgIpc) is 2.37. The van der Waals surface area contributed by atoms with Crippen molar-refractivity contribution in [3.8, 4) is 0 Å². The Morgan fingerprint density at radius 1 is 1.78 bits per heavy atom. The third-order valence-electron chi connectivity index (χ3n) is 1.06. The van der Waals surface area contributed by atoms with Crippen molar-refractivity contribution in [2.24, 2.45) is 0 Å². The molecule has 0 saturated heterocycles. The van der Waals surface area contributed by atoms with Crippen LogP contribution in [0.3, 0.4) is 0 Å². The molecule has 0 spiro atoms. The van der Waals surface area contributed by atoms with Gasteiger partial charge in [0.05, 0.1) is 11.5 Å². The van der Waals surface area contributed by atoms with Gasteiger partial charge in [0.2, 0.25) is 0 Å². The fourth-order valence-corrected chi connectivity index (χ4v) is 0.723. The van der Waals surface area contributed by atoms with Crippen LogP contribution in [-0.2, 0) is 0 Å². The summed E-state index contributed by atoms with van der Waals surface area (Å²) in [5, 5.41) is 0.0278. The van der Waals surface area contributed by atoms with Gasteiger partial charge in [-0.2, -0.15) is 12.6 Å². The van der Waals surface area contributed by atoms with Crippen LogP contribution in [0.2, 0.25) is 0 Å². The molecule has 0 saturated carbocycles. The monoisotopic (exact) mass is 140 g/mol. The van der Waals surface area contributed by atoms with Crippen molar-refractivity contribution >= 4 is 12.6 Å². The van der Waals surface area contributed by atoms with Crippen molar-refractivity contribution in [3.05, 3.63) is 36.8 Å². The molecular weight excluding hydrogens is 132 g/mol. The molecule has 9 heavy (non-hydrogen) atoms. The van der Waals surface area contributed by atoms with Gasteiger partial charge in [0.1, 0.15) is 5.76 Å². The molecule has 0 aliphatic rings. The molecule has 1 rings (SSSR count). The highest BCUT2D eigenvalue weighted by Gasteiger charge is 2.01. The number of hydrogen-bond donors (Lipinski definition) is 1. The van der Waals surface area contributed by atoms with Crippen LogP contribution >= 0.6 is 12.6 Å². The van der Waals surface area contributed by atoms with E-state index >= 15 is 0 Å². The quantitative estimate of drug-likeness (QED) is 0.492. The van der Waals surface area contributed by atoms with E-state index in [-0.39, 0.29) is 5.25 Å². The van der Waals surface area contributed by atoms with E-state index in [1.54, 1.807) is 12.3 Å². The smallest absolute Gasteiger partial charge is 0.120 e. The van der Waals surface area contributed by atoms with E-state index < -0.39 is 0 Å². The zero-order valence-corrected chi connectivity index (χ0v) is 5.84. The molecule has 1 nitrogen and oxygen atoms in total. The zero-order chi connectivity index (χ0) is 6.69. The normalized spacial score (nSPS) is 13.0. The van der Waals surface area contributed by atoms with Gasteiger partial charge in [-0.1, -0.05) is 6.08 Å². The van der Waals surface area contributed by atoms with Crippen molar-refractivity contribution in [1.82, 2.24) is 0 Å². The summed E-state index contributed by atoms with van der Waals surface area (Å²) < 4.78 is 5.04. The van der Waals surface area contributed by atoms with Gasteiger partial charge >= 0.3 is 0 Å². The second-order valence-electron chi connectivity index (χ2n) is 1.70. The third kappa shape index (κ3) is 1.39. The summed E-state index contributed by atoms with van der Waals surface area (Å²) in [6, 6.07) is 3.71. The van der Waals surface area contributed by atoms with E-state index in [0.717, 1.165) is 5.76 Å². The van der Waals surface area contributed by atoms with Crippen molar-refractivity contribution in [3.63, 3.8) is 0 Å². The van der Waals surface area contributed by atoms with Gasteiger partial charge < -0.3 is 4.42 Å². The summed E-state index contributed by atoms with van der Waals surface area (Å²) in [4.78, 5) is 0. The highest BCUT2D eigenvalue weighted by molar-refractivity contribution is 7.80. The van der Waals surface area contributed by atoms with Crippen LogP contribution in [0, 0.1) is 0 Å². The Morgan fingerprint density at radius 2 is 2.56 bits per heavy atom. The fourth-order valence-electron chi connectivity index (χ4n) is 0.576. The van der Waals surface area contributed by atoms with Gasteiger partial charge in [0.15, 0.2) is 0 Å². The van der Waals surface area contributed by atoms with Crippen LogP contribution in [0.4, 0.5) is 0 Å². The Balaban J connectivity index is 2.76. The van der Waals surface area contributed by atoms with E-state index in [4.69, 9.17) is 4.42 Å². The molecule has 0 aromatic carbocycles. The first-order chi connectivity index (χ1) is 4.34. The molecular formula is C7H8OS. The van der Waals surface area contributed by atoms with Crippen LogP contribution in [0.15, 0.2) is 35.5 Å². The van der Waals surface area contributed by atoms with Crippen LogP contribution in [0.25, 0.3) is 0 Å². The molecule has 0 N–H and O–H groups in total. The van der Waals surface area contributed by atoms with E-state index in [1.807, 2.05) is 12.1 Å². The zero-order valence-electron chi connectivity index (χ0n) is 4.95. The number of thiol groups is 1. The SMILES string of the molecule is C=CC(S)c1ccco1. The molecule has 0 radical (unpaired) electrons. The maximum Gasteiger partial charge on any atom is 0.120 e. The Kier molecular flexibility index (Phi) is 2.01. The number of hydrogen-bond acceptors (Lipinski definition) is 2. The molecule has 1 aromatic rings. The van der Waals surface area contributed by atoms with Gasteiger partial charge in [0, 0.05) is 0 Å². The third-order valence-corrected chi connectivity index (χ3v) is 1.52. The molecule has 1 unspecified atom stereocenters. The molecule has 0 aliphatic carbocycles. The Bertz CT molecular complexity index is 179. The summed E-state index contributed by atoms with van der Waals surface area (Å²) in [5.41, 5.74) is 0. The second-order valence-corrected chi connectivity index (χ2v) is 2.25. The number of rotatable bonds is 2. The largest absolute Gasteiger partial charge is 0.468 e. The minimum absolute atomic E-state index is 0.0278. The Morgan fingerprint density at radius 3 is 3.00 bits per heavy atom. The molecule has 0 fully saturated rings. The molecule has 0 amide bonds. The van der Waals surface area contributed by atoms with Crippen LogP contribution < -0.4 is 0 Å². The average molecular weight is 140 g/mol. The molecule has 0 aliphatic heterocycles. The first kappa shape index (κ1) is 6.49. The molecule has 1 heterocycles. The van der Waals surface area contributed by atoms with Gasteiger partial charge in [-0.15, -0.1) is 6.58 Å². The van der Waals surface area contributed by atoms with E-state index in [2.05, 4.69) is 19.2 Å². The van der Waals surface area contributed by atoms with Crippen molar-refractivity contribution in [2.75, 3.05) is 0 Å². The van der Waals surface area contributed by atoms with Crippen molar-refractivity contribution in [2.45, 2.75) is 5.25 Å².